The summed E-state index contributed by atoms with van der Waals surface area (Å²) in [6.45, 7) is 1.91. The SMILES string of the molecule is Cc1[nH]c(=S)sc1CC(=O)NC1c2ccccc2CC1O. The number of amides is 1. The first kappa shape index (κ1) is 14.4. The van der Waals surface area contributed by atoms with Gasteiger partial charge in [-0.15, -0.1) is 11.3 Å². The summed E-state index contributed by atoms with van der Waals surface area (Å²) in [6.07, 6.45) is 0.315. The summed E-state index contributed by atoms with van der Waals surface area (Å²) in [5, 5.41) is 13.1. The fraction of sp³-hybridized carbons (Fsp3) is 0.333. The van der Waals surface area contributed by atoms with E-state index >= 15 is 0 Å². The highest BCUT2D eigenvalue weighted by atomic mass is 32.1. The summed E-state index contributed by atoms with van der Waals surface area (Å²) in [6, 6.07) is 7.51. The van der Waals surface area contributed by atoms with Gasteiger partial charge in [-0.2, -0.15) is 0 Å². The van der Waals surface area contributed by atoms with Crippen LogP contribution >= 0.6 is 23.6 Å². The first-order valence-corrected chi connectivity index (χ1v) is 8.01. The van der Waals surface area contributed by atoms with Gasteiger partial charge in [0.25, 0.3) is 0 Å². The summed E-state index contributed by atoms with van der Waals surface area (Å²) in [7, 11) is 0. The van der Waals surface area contributed by atoms with E-state index in [1.807, 2.05) is 31.2 Å². The Morgan fingerprint density at radius 2 is 2.29 bits per heavy atom. The zero-order chi connectivity index (χ0) is 15.0. The van der Waals surface area contributed by atoms with E-state index in [1.165, 1.54) is 11.3 Å². The third-order valence-electron chi connectivity index (χ3n) is 3.77. The van der Waals surface area contributed by atoms with E-state index in [0.29, 0.717) is 10.4 Å². The predicted molar refractivity (Wildman–Crippen MR) is 85.0 cm³/mol. The van der Waals surface area contributed by atoms with Crippen LogP contribution in [0.1, 0.15) is 27.7 Å². The quantitative estimate of drug-likeness (QED) is 0.761. The molecule has 2 atom stereocenters. The minimum absolute atomic E-state index is 0.0934. The first-order valence-electron chi connectivity index (χ1n) is 6.78. The second-order valence-corrected chi connectivity index (χ2v) is 7.03. The van der Waals surface area contributed by atoms with E-state index < -0.39 is 6.10 Å². The molecule has 3 rings (SSSR count). The minimum Gasteiger partial charge on any atom is -0.390 e. The topological polar surface area (TPSA) is 65.1 Å². The monoisotopic (exact) mass is 320 g/mol. The van der Waals surface area contributed by atoms with Gasteiger partial charge in [0.1, 0.15) is 0 Å². The maximum Gasteiger partial charge on any atom is 0.225 e. The second-order valence-electron chi connectivity index (χ2n) is 5.25. The van der Waals surface area contributed by atoms with Crippen molar-refractivity contribution in [3.8, 4) is 0 Å². The van der Waals surface area contributed by atoms with E-state index in [-0.39, 0.29) is 18.4 Å². The molecule has 2 unspecified atom stereocenters. The molecule has 0 radical (unpaired) electrons. The van der Waals surface area contributed by atoms with Crippen molar-refractivity contribution < 1.29 is 9.90 Å². The molecule has 1 heterocycles. The van der Waals surface area contributed by atoms with Crippen LogP contribution in [0.4, 0.5) is 0 Å². The molecule has 1 aliphatic rings. The number of aryl methyl sites for hydroxylation is 1. The van der Waals surface area contributed by atoms with Gasteiger partial charge in [-0.05, 0) is 30.3 Å². The van der Waals surface area contributed by atoms with Crippen LogP contribution in [0.25, 0.3) is 0 Å². The van der Waals surface area contributed by atoms with Gasteiger partial charge >= 0.3 is 0 Å². The molecule has 1 aromatic carbocycles. The van der Waals surface area contributed by atoms with Crippen molar-refractivity contribution in [1.29, 1.82) is 0 Å². The molecule has 1 aromatic heterocycles. The number of aliphatic hydroxyl groups excluding tert-OH is 1. The summed E-state index contributed by atoms with van der Waals surface area (Å²) in [5.41, 5.74) is 3.05. The Morgan fingerprint density at radius 3 is 3.00 bits per heavy atom. The standard InChI is InChI=1S/C15H16N2O2S2/c1-8-12(21-15(20)16-8)7-13(19)17-14-10-5-3-2-4-9(10)6-11(14)18/h2-5,11,14,18H,6-7H2,1H3,(H,16,20)(H,17,19). The molecule has 0 bridgehead atoms. The van der Waals surface area contributed by atoms with Gasteiger partial charge in [0.05, 0.1) is 18.6 Å². The summed E-state index contributed by atoms with van der Waals surface area (Å²) in [4.78, 5) is 16.2. The molecule has 110 valence electrons. The van der Waals surface area contributed by atoms with E-state index in [0.717, 1.165) is 21.7 Å². The van der Waals surface area contributed by atoms with Crippen molar-refractivity contribution in [3.63, 3.8) is 0 Å². The molecule has 6 heteroatoms. The molecule has 1 aliphatic carbocycles. The van der Waals surface area contributed by atoms with Crippen LogP contribution in [0.15, 0.2) is 24.3 Å². The van der Waals surface area contributed by atoms with Crippen LogP contribution in [0, 0.1) is 10.9 Å². The Labute approximate surface area is 131 Å². The molecule has 0 saturated carbocycles. The smallest absolute Gasteiger partial charge is 0.225 e. The molecule has 0 fully saturated rings. The number of benzene rings is 1. The number of carbonyl (C=O) groups excluding carboxylic acids is 1. The lowest BCUT2D eigenvalue weighted by Gasteiger charge is -2.17. The number of nitrogens with one attached hydrogen (secondary N) is 2. The van der Waals surface area contributed by atoms with Gasteiger partial charge in [0, 0.05) is 17.0 Å². The molecule has 0 spiro atoms. The number of aromatic nitrogens is 1. The van der Waals surface area contributed by atoms with Crippen molar-refractivity contribution in [2.75, 3.05) is 0 Å². The van der Waals surface area contributed by atoms with E-state index in [4.69, 9.17) is 12.2 Å². The molecule has 4 nitrogen and oxygen atoms in total. The summed E-state index contributed by atoms with van der Waals surface area (Å²) >= 11 is 6.50. The van der Waals surface area contributed by atoms with Crippen molar-refractivity contribution in [1.82, 2.24) is 10.3 Å². The average molecular weight is 320 g/mol. The fourth-order valence-corrected chi connectivity index (χ4v) is 4.01. The van der Waals surface area contributed by atoms with Crippen molar-refractivity contribution >= 4 is 29.5 Å². The van der Waals surface area contributed by atoms with Crippen molar-refractivity contribution in [3.05, 3.63) is 49.9 Å². The molecule has 1 amide bonds. The number of fused-ring (bicyclic) bond motifs is 1. The number of aliphatic hydroxyl groups is 1. The van der Waals surface area contributed by atoms with E-state index in [1.54, 1.807) is 0 Å². The number of rotatable bonds is 3. The molecule has 0 saturated heterocycles. The minimum atomic E-state index is -0.558. The zero-order valence-electron chi connectivity index (χ0n) is 11.6. The highest BCUT2D eigenvalue weighted by Crippen LogP contribution is 2.31. The molecule has 2 aromatic rings. The van der Waals surface area contributed by atoms with Crippen LogP contribution in [-0.2, 0) is 17.6 Å². The zero-order valence-corrected chi connectivity index (χ0v) is 13.2. The average Bonchev–Trinajstić information content (AvgIpc) is 2.90. The largest absolute Gasteiger partial charge is 0.390 e. The van der Waals surface area contributed by atoms with Gasteiger partial charge in [-0.25, -0.2) is 0 Å². The maximum absolute atomic E-state index is 12.2. The molecule has 21 heavy (non-hydrogen) atoms. The lowest BCUT2D eigenvalue weighted by atomic mass is 10.1. The van der Waals surface area contributed by atoms with Crippen LogP contribution in [0.5, 0.6) is 0 Å². The Bertz CT molecular complexity index is 735. The molecular formula is C15H16N2O2S2. The number of H-pyrrole nitrogens is 1. The summed E-state index contributed by atoms with van der Waals surface area (Å²) in [5.74, 6) is -0.0934. The third-order valence-corrected chi connectivity index (χ3v) is 5.10. The highest BCUT2D eigenvalue weighted by molar-refractivity contribution is 7.73. The lowest BCUT2D eigenvalue weighted by molar-refractivity contribution is -0.121. The normalized spacial score (nSPS) is 20.3. The van der Waals surface area contributed by atoms with Crippen LogP contribution in [-0.4, -0.2) is 22.1 Å². The number of hydrogen-bond acceptors (Lipinski definition) is 4. The summed E-state index contributed by atoms with van der Waals surface area (Å²) < 4.78 is 0.682. The van der Waals surface area contributed by atoms with Crippen LogP contribution < -0.4 is 5.32 Å². The van der Waals surface area contributed by atoms with Crippen molar-refractivity contribution in [2.24, 2.45) is 0 Å². The maximum atomic E-state index is 12.2. The van der Waals surface area contributed by atoms with Gasteiger partial charge in [-0.3, -0.25) is 4.79 Å². The highest BCUT2D eigenvalue weighted by Gasteiger charge is 2.31. The van der Waals surface area contributed by atoms with Gasteiger partial charge < -0.3 is 15.4 Å². The van der Waals surface area contributed by atoms with Crippen LogP contribution in [0.3, 0.4) is 0 Å². The van der Waals surface area contributed by atoms with E-state index in [9.17, 15) is 9.90 Å². The van der Waals surface area contributed by atoms with Crippen LogP contribution in [0.2, 0.25) is 0 Å². The fourth-order valence-electron chi connectivity index (χ4n) is 2.72. The Balaban J connectivity index is 1.73. The van der Waals surface area contributed by atoms with E-state index in [2.05, 4.69) is 10.3 Å². The van der Waals surface area contributed by atoms with Gasteiger partial charge in [0.2, 0.25) is 5.91 Å². The first-order chi connectivity index (χ1) is 10.0. The van der Waals surface area contributed by atoms with Gasteiger partial charge in [0.15, 0.2) is 3.95 Å². The second kappa shape index (κ2) is 5.71. The van der Waals surface area contributed by atoms with Crippen molar-refractivity contribution in [2.45, 2.75) is 31.9 Å². The number of hydrogen-bond donors (Lipinski definition) is 3. The Kier molecular flexibility index (Phi) is 3.93. The Morgan fingerprint density at radius 1 is 1.52 bits per heavy atom. The Hall–Kier alpha value is -1.50. The molecule has 0 aliphatic heterocycles. The number of aromatic amines is 1. The third kappa shape index (κ3) is 2.92. The lowest BCUT2D eigenvalue weighted by Crippen LogP contribution is -2.34. The predicted octanol–water partition coefficient (Wildman–Crippen LogP) is 2.43. The molecular weight excluding hydrogens is 304 g/mol. The number of thiazole rings is 1. The number of carbonyl (C=O) groups is 1. The van der Waals surface area contributed by atoms with Gasteiger partial charge in [-0.1, -0.05) is 24.3 Å². The molecule has 3 N–H and O–H groups in total.